The molecule has 10 heteroatoms. The molecule has 2 rings (SSSR count). The Kier molecular flexibility index (Phi) is 3.81. The van der Waals surface area contributed by atoms with Crippen LogP contribution < -0.4 is 4.72 Å². The number of halogens is 1. The van der Waals surface area contributed by atoms with E-state index in [1.54, 1.807) is 0 Å². The lowest BCUT2D eigenvalue weighted by molar-refractivity contribution is -0.389. The molecule has 0 fully saturated rings. The van der Waals surface area contributed by atoms with Crippen LogP contribution in [0.15, 0.2) is 41.6 Å². The summed E-state index contributed by atoms with van der Waals surface area (Å²) in [5.41, 5.74) is 0.104. The van der Waals surface area contributed by atoms with E-state index < -0.39 is 20.8 Å². The predicted octanol–water partition coefficient (Wildman–Crippen LogP) is 1.84. The van der Waals surface area contributed by atoms with Gasteiger partial charge in [-0.2, -0.15) is 0 Å². The predicted molar refractivity (Wildman–Crippen MR) is 70.9 cm³/mol. The van der Waals surface area contributed by atoms with Crippen LogP contribution in [0.3, 0.4) is 0 Å². The third-order valence-electron chi connectivity index (χ3n) is 2.22. The first-order chi connectivity index (χ1) is 9.40. The van der Waals surface area contributed by atoms with Crippen LogP contribution in [0.1, 0.15) is 0 Å². The van der Waals surface area contributed by atoms with Crippen molar-refractivity contribution in [2.24, 2.45) is 0 Å². The molecule has 2 heterocycles. The number of hydrogen-bond acceptors (Lipinski definition) is 6. The van der Waals surface area contributed by atoms with E-state index >= 15 is 0 Å². The smallest absolute Gasteiger partial charge is 0.358 e. The second kappa shape index (κ2) is 5.39. The maximum absolute atomic E-state index is 12.0. The van der Waals surface area contributed by atoms with Crippen molar-refractivity contribution < 1.29 is 13.3 Å². The molecule has 0 saturated carbocycles. The van der Waals surface area contributed by atoms with E-state index in [4.69, 9.17) is 11.6 Å². The van der Waals surface area contributed by atoms with Gasteiger partial charge in [0, 0.05) is 12.3 Å². The number of nitrogens with zero attached hydrogens (tertiary/aromatic N) is 3. The summed E-state index contributed by atoms with van der Waals surface area (Å²) in [7, 11) is -3.94. The first kappa shape index (κ1) is 14.2. The number of nitrogens with one attached hydrogen (secondary N) is 1. The molecular weight excluding hydrogens is 308 g/mol. The lowest BCUT2D eigenvalue weighted by Gasteiger charge is -2.07. The molecule has 0 aromatic carbocycles. The zero-order valence-electron chi connectivity index (χ0n) is 9.72. The Hall–Kier alpha value is -2.26. The summed E-state index contributed by atoms with van der Waals surface area (Å²) in [6.45, 7) is 0. The Morgan fingerprint density at radius 3 is 2.55 bits per heavy atom. The third-order valence-corrected chi connectivity index (χ3v) is 3.87. The van der Waals surface area contributed by atoms with Gasteiger partial charge in [0.2, 0.25) is 0 Å². The minimum Gasteiger partial charge on any atom is -0.358 e. The Morgan fingerprint density at radius 2 is 2.00 bits per heavy atom. The van der Waals surface area contributed by atoms with Crippen molar-refractivity contribution in [3.63, 3.8) is 0 Å². The average molecular weight is 315 g/mol. The molecule has 0 spiro atoms. The molecule has 0 aliphatic rings. The van der Waals surface area contributed by atoms with Crippen LogP contribution in [0.25, 0.3) is 0 Å². The molecule has 0 amide bonds. The van der Waals surface area contributed by atoms with Crippen molar-refractivity contribution in [1.29, 1.82) is 0 Å². The summed E-state index contributed by atoms with van der Waals surface area (Å²) in [4.78, 5) is 16.7. The van der Waals surface area contributed by atoms with E-state index in [1.807, 2.05) is 0 Å². The van der Waals surface area contributed by atoms with Gasteiger partial charge in [-0.25, -0.2) is 13.4 Å². The SMILES string of the molecule is O=[N+]([O-])c1ccc(S(=O)(=O)Nc2cccnc2Cl)cn1. The minimum atomic E-state index is -3.94. The number of anilines is 1. The quantitative estimate of drug-likeness (QED) is 0.523. The van der Waals surface area contributed by atoms with Crippen LogP contribution in [0.5, 0.6) is 0 Å². The van der Waals surface area contributed by atoms with E-state index in [0.717, 1.165) is 18.3 Å². The highest BCUT2D eigenvalue weighted by Crippen LogP contribution is 2.22. The first-order valence-electron chi connectivity index (χ1n) is 5.14. The summed E-state index contributed by atoms with van der Waals surface area (Å²) in [6, 6.07) is 5.03. The van der Waals surface area contributed by atoms with Gasteiger partial charge in [-0.1, -0.05) is 11.6 Å². The van der Waals surface area contributed by atoms with Crippen LogP contribution >= 0.6 is 11.6 Å². The first-order valence-corrected chi connectivity index (χ1v) is 7.00. The molecule has 0 aliphatic heterocycles. The lowest BCUT2D eigenvalue weighted by atomic mass is 10.4. The molecular formula is C10H7ClN4O4S. The molecule has 8 nitrogen and oxygen atoms in total. The number of aromatic nitrogens is 2. The fraction of sp³-hybridized carbons (Fsp3) is 0. The maximum atomic E-state index is 12.0. The molecule has 1 N–H and O–H groups in total. The van der Waals surface area contributed by atoms with Crippen LogP contribution in [-0.4, -0.2) is 23.3 Å². The fourth-order valence-corrected chi connectivity index (χ4v) is 2.54. The molecule has 0 bridgehead atoms. The van der Waals surface area contributed by atoms with Crippen molar-refractivity contribution in [2.75, 3.05) is 4.72 Å². The van der Waals surface area contributed by atoms with Gasteiger partial charge in [-0.05, 0) is 28.1 Å². The van der Waals surface area contributed by atoms with Crippen molar-refractivity contribution in [3.05, 3.63) is 51.9 Å². The largest absolute Gasteiger partial charge is 0.363 e. The average Bonchev–Trinajstić information content (AvgIpc) is 2.41. The van der Waals surface area contributed by atoms with Gasteiger partial charge in [0.1, 0.15) is 4.90 Å². The van der Waals surface area contributed by atoms with Gasteiger partial charge in [-0.15, -0.1) is 0 Å². The molecule has 0 radical (unpaired) electrons. The highest BCUT2D eigenvalue weighted by Gasteiger charge is 2.19. The summed E-state index contributed by atoms with van der Waals surface area (Å²) in [5.74, 6) is -0.441. The minimum absolute atomic E-state index is 0.00838. The normalized spacial score (nSPS) is 11.1. The molecule has 0 unspecified atom stereocenters. The Labute approximate surface area is 118 Å². The fourth-order valence-electron chi connectivity index (χ4n) is 1.31. The number of rotatable bonds is 4. The van der Waals surface area contributed by atoms with Crippen molar-refractivity contribution in [1.82, 2.24) is 9.97 Å². The van der Waals surface area contributed by atoms with E-state index in [9.17, 15) is 18.5 Å². The van der Waals surface area contributed by atoms with E-state index in [1.165, 1.54) is 18.3 Å². The lowest BCUT2D eigenvalue weighted by Crippen LogP contribution is -2.13. The zero-order valence-corrected chi connectivity index (χ0v) is 11.3. The monoisotopic (exact) mass is 314 g/mol. The third kappa shape index (κ3) is 3.00. The second-order valence-electron chi connectivity index (χ2n) is 3.56. The second-order valence-corrected chi connectivity index (χ2v) is 5.60. The molecule has 2 aromatic rings. The number of hydrogen-bond donors (Lipinski definition) is 1. The molecule has 20 heavy (non-hydrogen) atoms. The molecule has 104 valence electrons. The van der Waals surface area contributed by atoms with E-state index in [-0.39, 0.29) is 15.7 Å². The number of nitro groups is 1. The van der Waals surface area contributed by atoms with Crippen molar-refractivity contribution >= 4 is 33.1 Å². The van der Waals surface area contributed by atoms with Gasteiger partial charge < -0.3 is 10.1 Å². The molecule has 0 aliphatic carbocycles. The topological polar surface area (TPSA) is 115 Å². The Morgan fingerprint density at radius 1 is 1.25 bits per heavy atom. The summed E-state index contributed by atoms with van der Waals surface area (Å²) in [6.07, 6.45) is 2.30. The van der Waals surface area contributed by atoms with E-state index in [0.29, 0.717) is 0 Å². The van der Waals surface area contributed by atoms with Gasteiger partial charge in [0.25, 0.3) is 10.0 Å². The number of sulfonamides is 1. The van der Waals surface area contributed by atoms with Gasteiger partial charge in [0.15, 0.2) is 11.3 Å². The van der Waals surface area contributed by atoms with Crippen LogP contribution in [-0.2, 0) is 10.0 Å². The van der Waals surface area contributed by atoms with Crippen molar-refractivity contribution in [3.8, 4) is 0 Å². The van der Waals surface area contributed by atoms with Crippen LogP contribution in [0.4, 0.5) is 11.5 Å². The Bertz CT molecular complexity index is 748. The zero-order chi connectivity index (χ0) is 14.8. The summed E-state index contributed by atoms with van der Waals surface area (Å²) in [5, 5.41) is 10.4. The highest BCUT2D eigenvalue weighted by molar-refractivity contribution is 7.92. The molecule has 2 aromatic heterocycles. The summed E-state index contributed by atoms with van der Waals surface area (Å²) < 4.78 is 26.3. The van der Waals surface area contributed by atoms with Crippen LogP contribution in [0, 0.1) is 10.1 Å². The summed E-state index contributed by atoms with van der Waals surface area (Å²) >= 11 is 5.74. The molecule has 0 atom stereocenters. The number of pyridine rings is 2. The van der Waals surface area contributed by atoms with Crippen molar-refractivity contribution in [2.45, 2.75) is 4.90 Å². The maximum Gasteiger partial charge on any atom is 0.363 e. The molecule has 0 saturated heterocycles. The van der Waals surface area contributed by atoms with Gasteiger partial charge >= 0.3 is 5.82 Å². The van der Waals surface area contributed by atoms with Gasteiger partial charge in [0.05, 0.1) is 5.69 Å². The highest BCUT2D eigenvalue weighted by atomic mass is 35.5. The Balaban J connectivity index is 2.31. The standard InChI is InChI=1S/C10H7ClN4O4S/c11-10-8(2-1-5-12-10)14-20(18,19)7-3-4-9(13-6-7)15(16)17/h1-6,14H. The van der Waals surface area contributed by atoms with Crippen LogP contribution in [0.2, 0.25) is 5.15 Å². The van der Waals surface area contributed by atoms with E-state index in [2.05, 4.69) is 14.7 Å². The van der Waals surface area contributed by atoms with Gasteiger partial charge in [-0.3, -0.25) is 4.72 Å².